The summed E-state index contributed by atoms with van der Waals surface area (Å²) in [5.41, 5.74) is 1.46. The molecule has 1 aliphatic heterocycles. The molecule has 0 bridgehead atoms. The highest BCUT2D eigenvalue weighted by Crippen LogP contribution is 2.26. The number of hydrogen-bond acceptors (Lipinski definition) is 4. The largest absolute Gasteiger partial charge is 0.403 e. The van der Waals surface area contributed by atoms with Gasteiger partial charge in [0.25, 0.3) is 0 Å². The Morgan fingerprint density at radius 1 is 1.53 bits per heavy atom. The van der Waals surface area contributed by atoms with E-state index in [0.29, 0.717) is 11.5 Å². The Morgan fingerprint density at radius 2 is 2.29 bits per heavy atom. The lowest BCUT2D eigenvalue weighted by molar-refractivity contribution is 0.0736. The SMILES string of the molecule is CSCC(C)N=C1OC(=O)c2cccc(I)c21. The van der Waals surface area contributed by atoms with Crippen molar-refractivity contribution >= 4 is 46.2 Å². The number of hydrogen-bond donors (Lipinski definition) is 0. The molecule has 0 spiro atoms. The Labute approximate surface area is 118 Å². The molecule has 0 fully saturated rings. The average molecular weight is 361 g/mol. The lowest BCUT2D eigenvalue weighted by atomic mass is 10.1. The number of esters is 1. The summed E-state index contributed by atoms with van der Waals surface area (Å²) in [4.78, 5) is 16.1. The molecule has 0 amide bonds. The fraction of sp³-hybridized carbons (Fsp3) is 0.333. The first kappa shape index (κ1) is 12.9. The van der Waals surface area contributed by atoms with Crippen molar-refractivity contribution < 1.29 is 9.53 Å². The van der Waals surface area contributed by atoms with Gasteiger partial charge in [-0.2, -0.15) is 11.8 Å². The zero-order chi connectivity index (χ0) is 12.4. The minimum Gasteiger partial charge on any atom is -0.403 e. The second-order valence-corrected chi connectivity index (χ2v) is 5.86. The predicted octanol–water partition coefficient (Wildman–Crippen LogP) is 2.96. The van der Waals surface area contributed by atoms with Crippen LogP contribution >= 0.6 is 34.4 Å². The van der Waals surface area contributed by atoms with E-state index in [-0.39, 0.29) is 12.0 Å². The molecular weight excluding hydrogens is 349 g/mol. The number of thioether (sulfide) groups is 1. The number of nitrogens with zero attached hydrogens (tertiary/aromatic N) is 1. The van der Waals surface area contributed by atoms with Gasteiger partial charge in [0.1, 0.15) is 0 Å². The van der Waals surface area contributed by atoms with Crippen molar-refractivity contribution in [3.63, 3.8) is 0 Å². The number of carbonyl (C=O) groups is 1. The van der Waals surface area contributed by atoms with Crippen molar-refractivity contribution in [3.8, 4) is 0 Å². The molecule has 0 aliphatic carbocycles. The van der Waals surface area contributed by atoms with Gasteiger partial charge in [0.15, 0.2) is 0 Å². The third kappa shape index (κ3) is 2.65. The zero-order valence-corrected chi connectivity index (χ0v) is 12.5. The van der Waals surface area contributed by atoms with Crippen LogP contribution in [-0.4, -0.2) is 29.9 Å². The fourth-order valence-corrected chi connectivity index (χ4v) is 2.96. The topological polar surface area (TPSA) is 38.7 Å². The maximum Gasteiger partial charge on any atom is 0.345 e. The van der Waals surface area contributed by atoms with Crippen LogP contribution in [0.1, 0.15) is 22.8 Å². The van der Waals surface area contributed by atoms with Gasteiger partial charge in [0, 0.05) is 9.32 Å². The molecule has 3 nitrogen and oxygen atoms in total. The molecule has 1 aliphatic rings. The monoisotopic (exact) mass is 361 g/mol. The fourth-order valence-electron chi connectivity index (χ4n) is 1.67. The zero-order valence-electron chi connectivity index (χ0n) is 9.57. The second kappa shape index (κ2) is 5.39. The number of ether oxygens (including phenoxy) is 1. The smallest absolute Gasteiger partial charge is 0.345 e. The maximum absolute atomic E-state index is 11.7. The second-order valence-electron chi connectivity index (χ2n) is 3.79. The molecule has 2 rings (SSSR count). The molecule has 0 N–H and O–H groups in total. The van der Waals surface area contributed by atoms with Crippen LogP contribution in [-0.2, 0) is 4.74 Å². The lowest BCUT2D eigenvalue weighted by Crippen LogP contribution is -2.09. The number of cyclic esters (lactones) is 1. The van der Waals surface area contributed by atoms with E-state index in [1.807, 2.05) is 25.3 Å². The Balaban J connectivity index is 2.39. The molecule has 1 aromatic carbocycles. The van der Waals surface area contributed by atoms with Gasteiger partial charge in [0.05, 0.1) is 17.2 Å². The van der Waals surface area contributed by atoms with Gasteiger partial charge >= 0.3 is 5.97 Å². The van der Waals surface area contributed by atoms with Gasteiger partial charge < -0.3 is 4.74 Å². The van der Waals surface area contributed by atoms with Crippen molar-refractivity contribution in [2.45, 2.75) is 13.0 Å². The molecule has 17 heavy (non-hydrogen) atoms. The van der Waals surface area contributed by atoms with Crippen LogP contribution in [0.5, 0.6) is 0 Å². The van der Waals surface area contributed by atoms with Gasteiger partial charge in [-0.1, -0.05) is 6.07 Å². The number of carbonyl (C=O) groups excluding carboxylic acids is 1. The number of aliphatic imine (C=N–C) groups is 1. The standard InChI is InChI=1S/C12H12INO2S/c1-7(6-17-2)14-11-10-8(12(15)16-11)4-3-5-9(10)13/h3-5,7H,6H2,1-2H3. The van der Waals surface area contributed by atoms with Gasteiger partial charge in [-0.3, -0.25) is 0 Å². The van der Waals surface area contributed by atoms with E-state index in [0.717, 1.165) is 14.9 Å². The third-order valence-corrected chi connectivity index (χ3v) is 4.10. The highest BCUT2D eigenvalue weighted by Gasteiger charge is 2.30. The van der Waals surface area contributed by atoms with E-state index in [9.17, 15) is 4.79 Å². The van der Waals surface area contributed by atoms with Gasteiger partial charge in [0.2, 0.25) is 5.90 Å². The summed E-state index contributed by atoms with van der Waals surface area (Å²) < 4.78 is 6.23. The van der Waals surface area contributed by atoms with E-state index in [2.05, 4.69) is 27.6 Å². The maximum atomic E-state index is 11.7. The van der Waals surface area contributed by atoms with Crippen LogP contribution in [0.3, 0.4) is 0 Å². The molecule has 1 unspecified atom stereocenters. The summed E-state index contributed by atoms with van der Waals surface area (Å²) in [6.45, 7) is 2.02. The average Bonchev–Trinajstić information content (AvgIpc) is 2.57. The summed E-state index contributed by atoms with van der Waals surface area (Å²) in [6.07, 6.45) is 2.04. The van der Waals surface area contributed by atoms with E-state index >= 15 is 0 Å². The molecule has 0 aromatic heterocycles. The molecule has 1 atom stereocenters. The van der Waals surface area contributed by atoms with Gasteiger partial charge in [-0.05, 0) is 47.9 Å². The summed E-state index contributed by atoms with van der Waals surface area (Å²) >= 11 is 3.93. The lowest BCUT2D eigenvalue weighted by Gasteiger charge is -2.05. The number of rotatable bonds is 3. The third-order valence-electron chi connectivity index (χ3n) is 2.38. The van der Waals surface area contributed by atoms with Gasteiger partial charge in [-0.15, -0.1) is 0 Å². The summed E-state index contributed by atoms with van der Waals surface area (Å²) in [5, 5.41) is 0. The van der Waals surface area contributed by atoms with Crippen LogP contribution in [0, 0.1) is 3.57 Å². The van der Waals surface area contributed by atoms with E-state index < -0.39 is 0 Å². The normalized spacial score (nSPS) is 18.1. The number of fused-ring (bicyclic) bond motifs is 1. The summed E-state index contributed by atoms with van der Waals surface area (Å²) in [6, 6.07) is 5.74. The highest BCUT2D eigenvalue weighted by atomic mass is 127. The molecule has 0 radical (unpaired) electrons. The van der Waals surface area contributed by atoms with Crippen LogP contribution < -0.4 is 0 Å². The van der Waals surface area contributed by atoms with Crippen molar-refractivity contribution in [1.82, 2.24) is 0 Å². The van der Waals surface area contributed by atoms with Crippen LogP contribution in [0.25, 0.3) is 0 Å². The molecule has 0 saturated carbocycles. The number of halogens is 1. The minimum atomic E-state index is -0.298. The Bertz CT molecular complexity index is 487. The quantitative estimate of drug-likeness (QED) is 0.614. The summed E-state index contributed by atoms with van der Waals surface area (Å²) in [5.74, 6) is 1.09. The van der Waals surface area contributed by atoms with E-state index in [4.69, 9.17) is 4.74 Å². The Morgan fingerprint density at radius 3 is 3.00 bits per heavy atom. The molecule has 1 heterocycles. The van der Waals surface area contributed by atoms with Crippen molar-refractivity contribution in [1.29, 1.82) is 0 Å². The van der Waals surface area contributed by atoms with Crippen molar-refractivity contribution in [3.05, 3.63) is 32.9 Å². The van der Waals surface area contributed by atoms with Crippen LogP contribution in [0.2, 0.25) is 0 Å². The predicted molar refractivity (Wildman–Crippen MR) is 79.0 cm³/mol. The minimum absolute atomic E-state index is 0.148. The Hall–Kier alpha value is -0.560. The molecule has 90 valence electrons. The molecular formula is C12H12INO2S. The van der Waals surface area contributed by atoms with E-state index in [1.54, 1.807) is 17.8 Å². The van der Waals surface area contributed by atoms with Gasteiger partial charge in [-0.25, -0.2) is 9.79 Å². The van der Waals surface area contributed by atoms with Crippen LogP contribution in [0.4, 0.5) is 0 Å². The first-order valence-electron chi connectivity index (χ1n) is 5.21. The number of benzene rings is 1. The molecule has 5 heteroatoms. The Kier molecular flexibility index (Phi) is 4.09. The van der Waals surface area contributed by atoms with E-state index in [1.165, 1.54) is 0 Å². The van der Waals surface area contributed by atoms with Crippen molar-refractivity contribution in [2.75, 3.05) is 12.0 Å². The first-order valence-corrected chi connectivity index (χ1v) is 7.68. The summed E-state index contributed by atoms with van der Waals surface area (Å²) in [7, 11) is 0. The van der Waals surface area contributed by atoms with Crippen LogP contribution in [0.15, 0.2) is 23.2 Å². The molecule has 1 aromatic rings. The molecule has 0 saturated heterocycles. The highest BCUT2D eigenvalue weighted by molar-refractivity contribution is 14.1. The van der Waals surface area contributed by atoms with Crippen molar-refractivity contribution in [2.24, 2.45) is 4.99 Å². The first-order chi connectivity index (χ1) is 8.13.